The first-order chi connectivity index (χ1) is 12.0. The van der Waals surface area contributed by atoms with Crippen LogP contribution in [0.15, 0.2) is 64.9 Å². The van der Waals surface area contributed by atoms with Crippen LogP contribution in [-0.2, 0) is 6.42 Å². The number of amidine groups is 1. The number of nitrogens with zero attached hydrogens (tertiary/aromatic N) is 2. The molecule has 1 aromatic heterocycles. The molecule has 0 atom stereocenters. The molecule has 3 rings (SSSR count). The second-order valence-corrected chi connectivity index (χ2v) is 5.97. The lowest BCUT2D eigenvalue weighted by atomic mass is 10.0. The van der Waals surface area contributed by atoms with Crippen LogP contribution in [0.3, 0.4) is 0 Å². The summed E-state index contributed by atoms with van der Waals surface area (Å²) in [5, 5.41) is 8.89. The van der Waals surface area contributed by atoms with E-state index in [0.29, 0.717) is 12.3 Å². The van der Waals surface area contributed by atoms with E-state index in [9.17, 15) is 4.79 Å². The van der Waals surface area contributed by atoms with Crippen LogP contribution in [0.25, 0.3) is 10.9 Å². The van der Waals surface area contributed by atoms with Crippen molar-refractivity contribution in [3.05, 3.63) is 71.4 Å². The Morgan fingerprint density at radius 3 is 2.48 bits per heavy atom. The maximum atomic E-state index is 12.6. The highest BCUT2D eigenvalue weighted by molar-refractivity contribution is 6.08. The Bertz CT molecular complexity index is 961. The van der Waals surface area contributed by atoms with Crippen LogP contribution in [0.5, 0.6) is 0 Å². The van der Waals surface area contributed by atoms with Gasteiger partial charge in [0.05, 0.1) is 5.71 Å². The number of ketones is 1. The van der Waals surface area contributed by atoms with E-state index >= 15 is 0 Å². The van der Waals surface area contributed by atoms with Gasteiger partial charge < -0.3 is 10.7 Å². The van der Waals surface area contributed by atoms with Crippen LogP contribution in [0.2, 0.25) is 0 Å². The van der Waals surface area contributed by atoms with E-state index in [-0.39, 0.29) is 5.78 Å². The van der Waals surface area contributed by atoms with Gasteiger partial charge >= 0.3 is 0 Å². The Labute approximate surface area is 146 Å². The summed E-state index contributed by atoms with van der Waals surface area (Å²) in [5.41, 5.74) is 9.88. The molecule has 0 fully saturated rings. The number of para-hydroxylation sites is 1. The monoisotopic (exact) mass is 332 g/mol. The minimum atomic E-state index is 0.0962. The van der Waals surface area contributed by atoms with Crippen molar-refractivity contribution in [2.75, 3.05) is 0 Å². The second-order valence-electron chi connectivity index (χ2n) is 5.97. The number of H-pyrrole nitrogens is 1. The number of benzene rings is 2. The molecule has 0 aliphatic rings. The standard InChI is InChI=1S/C20H20N4O/c1-13(23-24-14(2)21)16-9-7-15(8-10-16)11-20(25)18-12-22-19-6-4-3-5-17(18)19/h3-10,12,22H,11H2,1-2H3,(H2,21,24)/b23-13+. The molecule has 25 heavy (non-hydrogen) atoms. The number of nitrogens with one attached hydrogen (secondary N) is 1. The van der Waals surface area contributed by atoms with Gasteiger partial charge in [0.15, 0.2) is 5.78 Å². The maximum absolute atomic E-state index is 12.6. The second kappa shape index (κ2) is 7.13. The Morgan fingerprint density at radius 2 is 1.76 bits per heavy atom. The van der Waals surface area contributed by atoms with Gasteiger partial charge in [0.1, 0.15) is 5.84 Å². The molecule has 2 aromatic carbocycles. The van der Waals surface area contributed by atoms with Crippen molar-refractivity contribution >= 4 is 28.2 Å². The molecule has 0 saturated heterocycles. The predicted molar refractivity (Wildman–Crippen MR) is 102 cm³/mol. The summed E-state index contributed by atoms with van der Waals surface area (Å²) in [7, 11) is 0. The highest BCUT2D eigenvalue weighted by Crippen LogP contribution is 2.19. The largest absolute Gasteiger partial charge is 0.386 e. The first kappa shape index (κ1) is 16.6. The molecule has 0 saturated carbocycles. The number of carbonyl (C=O) groups excluding carboxylic acids is 1. The number of hydrogen-bond acceptors (Lipinski definition) is 3. The lowest BCUT2D eigenvalue weighted by Crippen LogP contribution is -2.05. The number of fused-ring (bicyclic) bond motifs is 1. The van der Waals surface area contributed by atoms with Gasteiger partial charge in [-0.2, -0.15) is 5.10 Å². The Balaban J connectivity index is 1.76. The molecule has 0 spiro atoms. The smallest absolute Gasteiger partial charge is 0.169 e. The van der Waals surface area contributed by atoms with E-state index in [0.717, 1.165) is 33.3 Å². The lowest BCUT2D eigenvalue weighted by molar-refractivity contribution is 0.0994. The molecule has 0 unspecified atom stereocenters. The minimum absolute atomic E-state index is 0.0962. The number of rotatable bonds is 5. The molecule has 0 aliphatic carbocycles. The molecule has 1 heterocycles. The van der Waals surface area contributed by atoms with Gasteiger partial charge in [-0.05, 0) is 31.0 Å². The fraction of sp³-hybridized carbons (Fsp3) is 0.150. The molecule has 0 aliphatic heterocycles. The number of hydrogen-bond donors (Lipinski definition) is 2. The molecular weight excluding hydrogens is 312 g/mol. The number of nitrogens with two attached hydrogens (primary N) is 1. The SMILES string of the molecule is CC(N)=N/N=C(\C)c1ccc(CC(=O)c2c[nH]c3ccccc23)cc1. The molecule has 0 bridgehead atoms. The Kier molecular flexibility index (Phi) is 4.75. The van der Waals surface area contributed by atoms with Crippen LogP contribution >= 0.6 is 0 Å². The number of aromatic nitrogens is 1. The van der Waals surface area contributed by atoms with Crippen LogP contribution in [-0.4, -0.2) is 22.3 Å². The molecule has 3 N–H and O–H groups in total. The van der Waals surface area contributed by atoms with Crippen molar-refractivity contribution in [3.63, 3.8) is 0 Å². The van der Waals surface area contributed by atoms with Crippen LogP contribution in [0.1, 0.15) is 35.3 Å². The van der Waals surface area contributed by atoms with E-state index in [1.165, 1.54) is 0 Å². The maximum Gasteiger partial charge on any atom is 0.169 e. The summed E-state index contributed by atoms with van der Waals surface area (Å²) in [5.74, 6) is 0.513. The lowest BCUT2D eigenvalue weighted by Gasteiger charge is -2.03. The summed E-state index contributed by atoms with van der Waals surface area (Å²) >= 11 is 0. The summed E-state index contributed by atoms with van der Waals surface area (Å²) in [4.78, 5) is 15.8. The van der Waals surface area contributed by atoms with Crippen LogP contribution in [0.4, 0.5) is 0 Å². The third-order valence-electron chi connectivity index (χ3n) is 3.98. The quantitative estimate of drug-likeness (QED) is 0.323. The zero-order valence-corrected chi connectivity index (χ0v) is 14.3. The van der Waals surface area contributed by atoms with Crippen molar-refractivity contribution in [1.29, 1.82) is 0 Å². The highest BCUT2D eigenvalue weighted by atomic mass is 16.1. The molecular formula is C20H20N4O. The molecule has 3 aromatic rings. The van der Waals surface area contributed by atoms with Gasteiger partial charge in [-0.25, -0.2) is 0 Å². The van der Waals surface area contributed by atoms with Crippen molar-refractivity contribution in [2.45, 2.75) is 20.3 Å². The number of aromatic amines is 1. The normalized spacial score (nSPS) is 12.6. The zero-order valence-electron chi connectivity index (χ0n) is 14.3. The summed E-state index contributed by atoms with van der Waals surface area (Å²) in [6, 6.07) is 15.6. The van der Waals surface area contributed by atoms with E-state index in [4.69, 9.17) is 5.73 Å². The predicted octanol–water partition coefficient (Wildman–Crippen LogP) is 3.69. The number of carbonyl (C=O) groups is 1. The average molecular weight is 332 g/mol. The van der Waals surface area contributed by atoms with Crippen molar-refractivity contribution in [2.24, 2.45) is 15.9 Å². The van der Waals surface area contributed by atoms with Gasteiger partial charge in [-0.15, -0.1) is 5.10 Å². The molecule has 0 radical (unpaired) electrons. The Morgan fingerprint density at radius 1 is 1.04 bits per heavy atom. The van der Waals surface area contributed by atoms with E-state index < -0.39 is 0 Å². The van der Waals surface area contributed by atoms with Gasteiger partial charge in [0.2, 0.25) is 0 Å². The van der Waals surface area contributed by atoms with Crippen molar-refractivity contribution in [3.8, 4) is 0 Å². The van der Waals surface area contributed by atoms with Crippen LogP contribution in [0, 0.1) is 0 Å². The van der Waals surface area contributed by atoms with Crippen molar-refractivity contribution < 1.29 is 4.79 Å². The van der Waals surface area contributed by atoms with Crippen molar-refractivity contribution in [1.82, 2.24) is 4.98 Å². The molecule has 0 amide bonds. The van der Waals surface area contributed by atoms with E-state index in [1.54, 1.807) is 13.1 Å². The fourth-order valence-corrected chi connectivity index (χ4v) is 2.66. The topological polar surface area (TPSA) is 83.6 Å². The first-order valence-corrected chi connectivity index (χ1v) is 8.07. The summed E-state index contributed by atoms with van der Waals surface area (Å²) in [6.07, 6.45) is 2.14. The Hall–Kier alpha value is -3.21. The van der Waals surface area contributed by atoms with Gasteiger partial charge in [-0.3, -0.25) is 4.79 Å². The minimum Gasteiger partial charge on any atom is -0.386 e. The number of Topliss-reactive ketones (excluding diaryl/α,β-unsaturated/α-hetero) is 1. The molecule has 126 valence electrons. The summed E-state index contributed by atoms with van der Waals surface area (Å²) < 4.78 is 0. The third kappa shape index (κ3) is 3.83. The molecule has 5 nitrogen and oxygen atoms in total. The fourth-order valence-electron chi connectivity index (χ4n) is 2.66. The highest BCUT2D eigenvalue weighted by Gasteiger charge is 2.12. The van der Waals surface area contributed by atoms with Gasteiger partial charge in [-0.1, -0.05) is 42.5 Å². The van der Waals surface area contributed by atoms with Crippen LogP contribution < -0.4 is 5.73 Å². The van der Waals surface area contributed by atoms with Gasteiger partial charge in [0, 0.05) is 29.1 Å². The third-order valence-corrected chi connectivity index (χ3v) is 3.98. The summed E-state index contributed by atoms with van der Waals surface area (Å²) in [6.45, 7) is 3.56. The first-order valence-electron chi connectivity index (χ1n) is 8.07. The zero-order chi connectivity index (χ0) is 17.8. The average Bonchev–Trinajstić information content (AvgIpc) is 3.04. The van der Waals surface area contributed by atoms with E-state index in [1.807, 2.05) is 55.5 Å². The molecule has 5 heteroatoms. The van der Waals surface area contributed by atoms with Gasteiger partial charge in [0.25, 0.3) is 0 Å². The van der Waals surface area contributed by atoms with E-state index in [2.05, 4.69) is 15.2 Å².